The molecule has 1 saturated heterocycles. The van der Waals surface area contributed by atoms with E-state index in [1.165, 1.54) is 0 Å². The standard InChI is InChI=1S/C16H23NO3S/c1-3-4-14-12-17(9-10-20-14)16(18)11-13-5-7-15(8-6-13)21(2)19/h5-8,14H,3-4,9-12H2,1-2H3/t14-,21-/m1/s1. The molecule has 21 heavy (non-hydrogen) atoms. The SMILES string of the molecule is CCC[C@@H]1CN(C(=O)Cc2ccc([S@@](C)=O)cc2)CCO1. The summed E-state index contributed by atoms with van der Waals surface area (Å²) in [5.74, 6) is 0.143. The van der Waals surface area contributed by atoms with Crippen molar-refractivity contribution in [2.45, 2.75) is 37.2 Å². The Morgan fingerprint density at radius 3 is 2.71 bits per heavy atom. The third-order valence-electron chi connectivity index (χ3n) is 3.71. The highest BCUT2D eigenvalue weighted by Crippen LogP contribution is 2.13. The van der Waals surface area contributed by atoms with Crippen LogP contribution in [-0.2, 0) is 26.8 Å². The van der Waals surface area contributed by atoms with Gasteiger partial charge >= 0.3 is 0 Å². The second-order valence-corrected chi connectivity index (χ2v) is 6.78. The van der Waals surface area contributed by atoms with Crippen LogP contribution in [0.3, 0.4) is 0 Å². The Morgan fingerprint density at radius 2 is 2.10 bits per heavy atom. The van der Waals surface area contributed by atoms with Gasteiger partial charge < -0.3 is 9.64 Å². The van der Waals surface area contributed by atoms with E-state index in [0.717, 1.165) is 23.3 Å². The van der Waals surface area contributed by atoms with Crippen molar-refractivity contribution < 1.29 is 13.7 Å². The monoisotopic (exact) mass is 309 g/mol. The van der Waals surface area contributed by atoms with E-state index in [-0.39, 0.29) is 12.0 Å². The number of nitrogens with zero attached hydrogens (tertiary/aromatic N) is 1. The molecule has 1 heterocycles. The molecule has 1 amide bonds. The molecule has 0 N–H and O–H groups in total. The Kier molecular flexibility index (Phi) is 5.94. The zero-order valence-corrected chi connectivity index (χ0v) is 13.5. The highest BCUT2D eigenvalue weighted by Gasteiger charge is 2.23. The van der Waals surface area contributed by atoms with Crippen LogP contribution < -0.4 is 0 Å². The van der Waals surface area contributed by atoms with E-state index in [4.69, 9.17) is 4.74 Å². The molecule has 1 aromatic carbocycles. The maximum Gasteiger partial charge on any atom is 0.227 e. The maximum atomic E-state index is 12.3. The van der Waals surface area contributed by atoms with Gasteiger partial charge in [-0.25, -0.2) is 0 Å². The van der Waals surface area contributed by atoms with Gasteiger partial charge in [0.15, 0.2) is 0 Å². The van der Waals surface area contributed by atoms with Crippen molar-refractivity contribution >= 4 is 16.7 Å². The molecule has 0 radical (unpaired) electrons. The van der Waals surface area contributed by atoms with E-state index in [2.05, 4.69) is 6.92 Å². The van der Waals surface area contributed by atoms with Crippen molar-refractivity contribution in [1.82, 2.24) is 4.90 Å². The third-order valence-corrected chi connectivity index (χ3v) is 4.65. The fraction of sp³-hybridized carbons (Fsp3) is 0.562. The molecule has 1 aliphatic heterocycles. The van der Waals surface area contributed by atoms with Gasteiger partial charge in [0.1, 0.15) is 0 Å². The maximum absolute atomic E-state index is 12.3. The second-order valence-electron chi connectivity index (χ2n) is 5.40. The number of carbonyl (C=O) groups excluding carboxylic acids is 1. The molecule has 1 fully saturated rings. The molecule has 0 spiro atoms. The predicted molar refractivity (Wildman–Crippen MR) is 83.7 cm³/mol. The molecule has 0 aromatic heterocycles. The van der Waals surface area contributed by atoms with Crippen molar-refractivity contribution in [3.63, 3.8) is 0 Å². The summed E-state index contributed by atoms with van der Waals surface area (Å²) in [6.45, 7) is 4.13. The third kappa shape index (κ3) is 4.64. The van der Waals surface area contributed by atoms with Crippen LogP contribution in [0.15, 0.2) is 29.2 Å². The first kappa shape index (κ1) is 16.2. The molecular weight excluding hydrogens is 286 g/mol. The molecule has 2 rings (SSSR count). The summed E-state index contributed by atoms with van der Waals surface area (Å²) in [7, 11) is -0.973. The Balaban J connectivity index is 1.92. The number of hydrogen-bond donors (Lipinski definition) is 0. The Morgan fingerprint density at radius 1 is 1.38 bits per heavy atom. The normalized spacial score (nSPS) is 20.3. The molecule has 0 bridgehead atoms. The molecule has 0 unspecified atom stereocenters. The topological polar surface area (TPSA) is 46.6 Å². The lowest BCUT2D eigenvalue weighted by molar-refractivity contribution is -0.138. The zero-order chi connectivity index (χ0) is 15.2. The average molecular weight is 309 g/mol. The Labute approximate surface area is 128 Å². The van der Waals surface area contributed by atoms with Crippen molar-refractivity contribution in [2.75, 3.05) is 26.0 Å². The zero-order valence-electron chi connectivity index (χ0n) is 12.7. The number of rotatable bonds is 5. The fourth-order valence-corrected chi connectivity index (χ4v) is 3.05. The van der Waals surface area contributed by atoms with Crippen LogP contribution in [-0.4, -0.2) is 47.1 Å². The molecule has 0 aliphatic carbocycles. The quantitative estimate of drug-likeness (QED) is 0.836. The summed E-state index contributed by atoms with van der Waals surface area (Å²) in [5, 5.41) is 0. The van der Waals surface area contributed by atoms with Crippen molar-refractivity contribution in [3.05, 3.63) is 29.8 Å². The lowest BCUT2D eigenvalue weighted by Crippen LogP contribution is -2.46. The number of ether oxygens (including phenoxy) is 1. The van der Waals surface area contributed by atoms with E-state index in [9.17, 15) is 9.00 Å². The minimum Gasteiger partial charge on any atom is -0.375 e. The van der Waals surface area contributed by atoms with E-state index in [1.807, 2.05) is 29.2 Å². The molecule has 116 valence electrons. The van der Waals surface area contributed by atoms with Crippen LogP contribution in [0.1, 0.15) is 25.3 Å². The first-order chi connectivity index (χ1) is 10.1. The van der Waals surface area contributed by atoms with Gasteiger partial charge in [0.05, 0.1) is 19.1 Å². The summed E-state index contributed by atoms with van der Waals surface area (Å²) >= 11 is 0. The van der Waals surface area contributed by atoms with E-state index in [0.29, 0.717) is 26.1 Å². The molecule has 5 heteroatoms. The minimum absolute atomic E-state index is 0.143. The summed E-state index contributed by atoms with van der Waals surface area (Å²) in [4.78, 5) is 15.0. The van der Waals surface area contributed by atoms with Gasteiger partial charge in [-0.1, -0.05) is 25.5 Å². The second kappa shape index (κ2) is 7.71. The van der Waals surface area contributed by atoms with Gasteiger partial charge in [0.2, 0.25) is 5.91 Å². The molecular formula is C16H23NO3S. The molecule has 1 aliphatic rings. The van der Waals surface area contributed by atoms with E-state index >= 15 is 0 Å². The molecule has 2 atom stereocenters. The highest BCUT2D eigenvalue weighted by molar-refractivity contribution is 7.84. The smallest absolute Gasteiger partial charge is 0.227 e. The van der Waals surface area contributed by atoms with Crippen LogP contribution in [0.4, 0.5) is 0 Å². The first-order valence-electron chi connectivity index (χ1n) is 7.42. The van der Waals surface area contributed by atoms with Crippen LogP contribution >= 0.6 is 0 Å². The average Bonchev–Trinajstić information content (AvgIpc) is 2.48. The minimum atomic E-state index is -0.973. The number of morpholine rings is 1. The van der Waals surface area contributed by atoms with Crippen molar-refractivity contribution in [3.8, 4) is 0 Å². The molecule has 4 nitrogen and oxygen atoms in total. The Hall–Kier alpha value is -1.20. The number of amides is 1. The van der Waals surface area contributed by atoms with E-state index < -0.39 is 10.8 Å². The summed E-state index contributed by atoms with van der Waals surface area (Å²) in [5.41, 5.74) is 0.965. The largest absolute Gasteiger partial charge is 0.375 e. The van der Waals surface area contributed by atoms with Crippen LogP contribution in [0.5, 0.6) is 0 Å². The van der Waals surface area contributed by atoms with Gasteiger partial charge in [0.25, 0.3) is 0 Å². The van der Waals surface area contributed by atoms with Crippen LogP contribution in [0.25, 0.3) is 0 Å². The molecule has 0 saturated carbocycles. The van der Waals surface area contributed by atoms with Crippen LogP contribution in [0.2, 0.25) is 0 Å². The van der Waals surface area contributed by atoms with Crippen LogP contribution in [0, 0.1) is 0 Å². The summed E-state index contributed by atoms with van der Waals surface area (Å²) in [6, 6.07) is 7.44. The predicted octanol–water partition coefficient (Wildman–Crippen LogP) is 1.99. The van der Waals surface area contributed by atoms with E-state index in [1.54, 1.807) is 6.26 Å². The van der Waals surface area contributed by atoms with Gasteiger partial charge in [0, 0.05) is 35.0 Å². The van der Waals surface area contributed by atoms with Gasteiger partial charge in [-0.15, -0.1) is 0 Å². The summed E-state index contributed by atoms with van der Waals surface area (Å²) in [6.07, 6.45) is 4.30. The number of carbonyl (C=O) groups is 1. The summed E-state index contributed by atoms with van der Waals surface area (Å²) < 4.78 is 17.0. The first-order valence-corrected chi connectivity index (χ1v) is 8.97. The molecule has 1 aromatic rings. The van der Waals surface area contributed by atoms with Gasteiger partial charge in [-0.2, -0.15) is 0 Å². The van der Waals surface area contributed by atoms with Gasteiger partial charge in [-0.3, -0.25) is 9.00 Å². The fourth-order valence-electron chi connectivity index (χ4n) is 2.53. The van der Waals surface area contributed by atoms with Crippen molar-refractivity contribution in [2.24, 2.45) is 0 Å². The lowest BCUT2D eigenvalue weighted by Gasteiger charge is -2.33. The number of benzene rings is 1. The van der Waals surface area contributed by atoms with Gasteiger partial charge in [-0.05, 0) is 24.1 Å². The highest BCUT2D eigenvalue weighted by atomic mass is 32.2. The Bertz CT molecular complexity index is 499. The lowest BCUT2D eigenvalue weighted by atomic mass is 10.1. The number of hydrogen-bond acceptors (Lipinski definition) is 3. The van der Waals surface area contributed by atoms with Crippen molar-refractivity contribution in [1.29, 1.82) is 0 Å².